The van der Waals surface area contributed by atoms with Gasteiger partial charge in [0.1, 0.15) is 6.61 Å². The van der Waals surface area contributed by atoms with Crippen LogP contribution in [-0.4, -0.2) is 46.2 Å². The first kappa shape index (κ1) is 18.4. The van der Waals surface area contributed by atoms with Gasteiger partial charge < -0.3 is 23.7 Å². The number of amides is 1. The van der Waals surface area contributed by atoms with Crippen molar-refractivity contribution in [3.8, 4) is 28.7 Å². The lowest BCUT2D eigenvalue weighted by atomic mass is 10.2. The van der Waals surface area contributed by atoms with Gasteiger partial charge in [-0.25, -0.2) is 5.43 Å². The van der Waals surface area contributed by atoms with Crippen LogP contribution < -0.4 is 29.1 Å². The highest BCUT2D eigenvalue weighted by Crippen LogP contribution is 2.39. The molecule has 0 bridgehead atoms. The van der Waals surface area contributed by atoms with E-state index >= 15 is 0 Å². The Bertz CT molecular complexity index is 852. The first-order valence-corrected chi connectivity index (χ1v) is 8.18. The molecule has 0 saturated carbocycles. The minimum atomic E-state index is -0.788. The molecule has 0 radical (unpaired) electrons. The molecular weight excluding hydrogens is 352 g/mol. The van der Waals surface area contributed by atoms with Crippen LogP contribution in [0.15, 0.2) is 41.5 Å². The van der Waals surface area contributed by atoms with Gasteiger partial charge in [0.2, 0.25) is 11.9 Å². The number of para-hydroxylation sites is 2. The molecule has 8 heteroatoms. The van der Waals surface area contributed by atoms with Gasteiger partial charge in [-0.3, -0.25) is 4.79 Å². The molecule has 1 aliphatic rings. The van der Waals surface area contributed by atoms with Gasteiger partial charge in [-0.15, -0.1) is 0 Å². The van der Waals surface area contributed by atoms with Crippen LogP contribution in [0.2, 0.25) is 0 Å². The zero-order valence-electron chi connectivity index (χ0n) is 15.2. The van der Waals surface area contributed by atoms with E-state index in [1.807, 2.05) is 12.1 Å². The van der Waals surface area contributed by atoms with E-state index in [1.54, 1.807) is 24.3 Å². The maximum atomic E-state index is 12.3. The monoisotopic (exact) mass is 372 g/mol. The summed E-state index contributed by atoms with van der Waals surface area (Å²) in [6.45, 7) is 0.109. The smallest absolute Gasteiger partial charge is 0.284 e. The second kappa shape index (κ2) is 8.31. The molecule has 142 valence electrons. The third-order valence-corrected chi connectivity index (χ3v) is 3.91. The van der Waals surface area contributed by atoms with Crippen molar-refractivity contribution in [3.63, 3.8) is 0 Å². The molecule has 1 atom stereocenters. The number of hydrogen-bond donors (Lipinski definition) is 1. The van der Waals surface area contributed by atoms with Crippen LogP contribution in [0, 0.1) is 0 Å². The second-order valence-electron chi connectivity index (χ2n) is 5.52. The summed E-state index contributed by atoms with van der Waals surface area (Å²) >= 11 is 0. The van der Waals surface area contributed by atoms with Gasteiger partial charge in [0, 0.05) is 5.56 Å². The Morgan fingerprint density at radius 2 is 1.81 bits per heavy atom. The number of hydrogen-bond acceptors (Lipinski definition) is 7. The second-order valence-corrected chi connectivity index (χ2v) is 5.52. The number of fused-ring (bicyclic) bond motifs is 1. The molecule has 0 unspecified atom stereocenters. The molecule has 1 heterocycles. The first-order chi connectivity index (χ1) is 13.2. The van der Waals surface area contributed by atoms with E-state index in [9.17, 15) is 4.79 Å². The van der Waals surface area contributed by atoms with E-state index in [0.717, 1.165) is 0 Å². The average molecular weight is 372 g/mol. The fourth-order valence-electron chi connectivity index (χ4n) is 2.61. The van der Waals surface area contributed by atoms with Gasteiger partial charge in [0.25, 0.3) is 5.91 Å². The number of carbonyl (C=O) groups excluding carboxylic acids is 1. The molecule has 0 aliphatic carbocycles. The Hall–Kier alpha value is -3.42. The summed E-state index contributed by atoms with van der Waals surface area (Å²) in [5.74, 6) is 2.13. The zero-order valence-corrected chi connectivity index (χ0v) is 15.2. The maximum absolute atomic E-state index is 12.3. The summed E-state index contributed by atoms with van der Waals surface area (Å²) in [6.07, 6.45) is 0.667. The molecule has 0 fully saturated rings. The molecule has 8 nitrogen and oxygen atoms in total. The predicted octanol–water partition coefficient (Wildman–Crippen LogP) is 2.00. The SMILES string of the molecule is COc1ccc(/C=N\NC(=O)[C@@H]2COc3ccccc3O2)c(OC)c1OC. The molecule has 2 aromatic rings. The maximum Gasteiger partial charge on any atom is 0.284 e. The molecule has 27 heavy (non-hydrogen) atoms. The van der Waals surface area contributed by atoms with E-state index in [1.165, 1.54) is 27.5 Å². The van der Waals surface area contributed by atoms with E-state index in [0.29, 0.717) is 34.3 Å². The topological polar surface area (TPSA) is 87.6 Å². The van der Waals surface area contributed by atoms with Gasteiger partial charge >= 0.3 is 0 Å². The first-order valence-electron chi connectivity index (χ1n) is 8.18. The summed E-state index contributed by atoms with van der Waals surface area (Å²) in [7, 11) is 4.56. The zero-order chi connectivity index (χ0) is 19.2. The summed E-state index contributed by atoms with van der Waals surface area (Å²) < 4.78 is 27.1. The van der Waals surface area contributed by atoms with Crippen LogP contribution in [0.3, 0.4) is 0 Å². The van der Waals surface area contributed by atoms with E-state index in [2.05, 4.69) is 10.5 Å². The van der Waals surface area contributed by atoms with Crippen molar-refractivity contribution in [2.24, 2.45) is 5.10 Å². The minimum absolute atomic E-state index is 0.109. The fourth-order valence-corrected chi connectivity index (χ4v) is 2.61. The largest absolute Gasteiger partial charge is 0.493 e. The molecule has 0 spiro atoms. The number of nitrogens with one attached hydrogen (secondary N) is 1. The van der Waals surface area contributed by atoms with Crippen LogP contribution in [0.4, 0.5) is 0 Å². The third kappa shape index (κ3) is 3.89. The number of benzene rings is 2. The van der Waals surface area contributed by atoms with Crippen molar-refractivity contribution in [1.29, 1.82) is 0 Å². The lowest BCUT2D eigenvalue weighted by molar-refractivity contribution is -0.130. The standard InChI is InChI=1S/C19H20N2O6/c1-23-15-9-8-12(17(24-2)18(15)25-3)10-20-21-19(22)16-11-26-13-6-4-5-7-14(13)27-16/h4-10,16H,11H2,1-3H3,(H,21,22)/b20-10-/t16-/m0/s1. The lowest BCUT2D eigenvalue weighted by Gasteiger charge is -2.24. The number of carbonyl (C=O) groups is 1. The van der Waals surface area contributed by atoms with Gasteiger partial charge in [0.15, 0.2) is 23.0 Å². The normalized spacial score (nSPS) is 15.3. The van der Waals surface area contributed by atoms with Crippen molar-refractivity contribution < 1.29 is 28.5 Å². The highest BCUT2D eigenvalue weighted by Gasteiger charge is 2.27. The molecular formula is C19H20N2O6. The number of methoxy groups -OCH3 is 3. The Morgan fingerprint density at radius 1 is 1.07 bits per heavy atom. The Kier molecular flexibility index (Phi) is 5.65. The summed E-state index contributed by atoms with van der Waals surface area (Å²) in [6, 6.07) is 10.6. The molecule has 1 amide bonds. The quantitative estimate of drug-likeness (QED) is 0.616. The lowest BCUT2D eigenvalue weighted by Crippen LogP contribution is -2.42. The fraction of sp³-hybridized carbons (Fsp3) is 0.263. The van der Waals surface area contributed by atoms with Crippen LogP contribution in [0.5, 0.6) is 28.7 Å². The Labute approximate surface area is 156 Å². The van der Waals surface area contributed by atoms with Crippen LogP contribution in [0.25, 0.3) is 0 Å². The van der Waals surface area contributed by atoms with E-state index < -0.39 is 12.0 Å². The van der Waals surface area contributed by atoms with Gasteiger partial charge in [-0.05, 0) is 24.3 Å². The van der Waals surface area contributed by atoms with Crippen molar-refractivity contribution in [2.45, 2.75) is 6.10 Å². The molecule has 0 saturated heterocycles. The summed E-state index contributed by atoms with van der Waals surface area (Å²) in [5, 5.41) is 3.98. The van der Waals surface area contributed by atoms with Crippen LogP contribution >= 0.6 is 0 Å². The van der Waals surface area contributed by atoms with Crippen LogP contribution in [-0.2, 0) is 4.79 Å². The average Bonchev–Trinajstić information content (AvgIpc) is 2.72. The van der Waals surface area contributed by atoms with Gasteiger partial charge in [0.05, 0.1) is 27.5 Å². The van der Waals surface area contributed by atoms with E-state index in [4.69, 9.17) is 23.7 Å². The molecule has 2 aromatic carbocycles. The van der Waals surface area contributed by atoms with Gasteiger partial charge in [-0.2, -0.15) is 5.10 Å². The highest BCUT2D eigenvalue weighted by molar-refractivity contribution is 5.88. The van der Waals surface area contributed by atoms with E-state index in [-0.39, 0.29) is 6.61 Å². The van der Waals surface area contributed by atoms with Crippen LogP contribution in [0.1, 0.15) is 5.56 Å². The molecule has 1 N–H and O–H groups in total. The van der Waals surface area contributed by atoms with Crippen molar-refractivity contribution in [1.82, 2.24) is 5.43 Å². The number of rotatable bonds is 6. The molecule has 0 aromatic heterocycles. The Balaban J connectivity index is 1.68. The van der Waals surface area contributed by atoms with Crippen molar-refractivity contribution in [2.75, 3.05) is 27.9 Å². The van der Waals surface area contributed by atoms with Gasteiger partial charge in [-0.1, -0.05) is 12.1 Å². The van der Waals surface area contributed by atoms with Crippen molar-refractivity contribution in [3.05, 3.63) is 42.0 Å². The Morgan fingerprint density at radius 3 is 2.52 bits per heavy atom. The highest BCUT2D eigenvalue weighted by atomic mass is 16.6. The van der Waals surface area contributed by atoms with Crippen molar-refractivity contribution >= 4 is 12.1 Å². The summed E-state index contributed by atoms with van der Waals surface area (Å²) in [5.41, 5.74) is 3.06. The number of hydrazone groups is 1. The molecule has 3 rings (SSSR count). The summed E-state index contributed by atoms with van der Waals surface area (Å²) in [4.78, 5) is 12.3. The third-order valence-electron chi connectivity index (χ3n) is 3.91. The number of ether oxygens (including phenoxy) is 5. The minimum Gasteiger partial charge on any atom is -0.493 e. The predicted molar refractivity (Wildman–Crippen MR) is 98.2 cm³/mol. The number of nitrogens with zero attached hydrogens (tertiary/aromatic N) is 1. The molecule has 1 aliphatic heterocycles.